The number of para-hydroxylation sites is 1. The van der Waals surface area contributed by atoms with E-state index in [1.165, 1.54) is 0 Å². The van der Waals surface area contributed by atoms with Gasteiger partial charge in [0.15, 0.2) is 0 Å². The molecule has 0 aliphatic carbocycles. The third kappa shape index (κ3) is 4.04. The number of pyridine rings is 1. The molecule has 0 atom stereocenters. The molecule has 25 heavy (non-hydrogen) atoms. The van der Waals surface area contributed by atoms with Crippen LogP contribution in [0.5, 0.6) is 5.75 Å². The second kappa shape index (κ2) is 7.62. The molecule has 0 radical (unpaired) electrons. The lowest BCUT2D eigenvalue weighted by Gasteiger charge is -2.09. The summed E-state index contributed by atoms with van der Waals surface area (Å²) in [6.45, 7) is 3.70. The van der Waals surface area contributed by atoms with Gasteiger partial charge in [-0.05, 0) is 60.9 Å². The van der Waals surface area contributed by atoms with Crippen LogP contribution in [-0.2, 0) is 0 Å². The molecule has 3 aromatic rings. The summed E-state index contributed by atoms with van der Waals surface area (Å²) < 4.78 is 0. The Morgan fingerprint density at radius 1 is 0.960 bits per heavy atom. The fourth-order valence-corrected chi connectivity index (χ4v) is 2.57. The molecule has 3 rings (SSSR count). The summed E-state index contributed by atoms with van der Waals surface area (Å²) in [5, 5.41) is 12.8. The highest BCUT2D eigenvalue weighted by Gasteiger charge is 2.10. The number of carbonyl (C=O) groups excluding carboxylic acids is 1. The van der Waals surface area contributed by atoms with Gasteiger partial charge < -0.3 is 10.4 Å². The van der Waals surface area contributed by atoms with E-state index in [4.69, 9.17) is 0 Å². The lowest BCUT2D eigenvalue weighted by Crippen LogP contribution is -2.12. The van der Waals surface area contributed by atoms with Crippen molar-refractivity contribution in [2.45, 2.75) is 21.3 Å². The second-order valence-electron chi connectivity index (χ2n) is 5.74. The van der Waals surface area contributed by atoms with Gasteiger partial charge in [0.05, 0.1) is 5.56 Å². The van der Waals surface area contributed by atoms with Crippen molar-refractivity contribution in [2.24, 2.45) is 0 Å². The minimum absolute atomic E-state index is 0. The summed E-state index contributed by atoms with van der Waals surface area (Å²) in [5.41, 5.74) is 4.57. The van der Waals surface area contributed by atoms with Gasteiger partial charge in [-0.3, -0.25) is 9.78 Å². The van der Waals surface area contributed by atoms with Crippen molar-refractivity contribution < 1.29 is 9.90 Å². The van der Waals surface area contributed by atoms with Crippen molar-refractivity contribution in [3.63, 3.8) is 0 Å². The highest BCUT2D eigenvalue weighted by Crippen LogP contribution is 2.29. The monoisotopic (exact) mass is 334 g/mol. The highest BCUT2D eigenvalue weighted by atomic mass is 16.3. The number of nitrogens with one attached hydrogen (secondary N) is 1. The van der Waals surface area contributed by atoms with Gasteiger partial charge in [0, 0.05) is 23.6 Å². The average Bonchev–Trinajstić information content (AvgIpc) is 2.60. The number of aryl methyl sites for hydroxylation is 2. The molecule has 0 aliphatic heterocycles. The van der Waals surface area contributed by atoms with Gasteiger partial charge in [-0.2, -0.15) is 0 Å². The summed E-state index contributed by atoms with van der Waals surface area (Å²) in [6, 6.07) is 14.9. The number of anilines is 1. The lowest BCUT2D eigenvalue weighted by atomic mass is 10.00. The number of hydrogen-bond donors (Lipinski definition) is 2. The maximum atomic E-state index is 12.4. The minimum atomic E-state index is -0.206. The normalized spacial score (nSPS) is 10.0. The minimum Gasteiger partial charge on any atom is -0.507 e. The molecule has 0 aliphatic rings. The first-order valence-electron chi connectivity index (χ1n) is 7.66. The first kappa shape index (κ1) is 18.2. The first-order chi connectivity index (χ1) is 11.5. The van der Waals surface area contributed by atoms with Gasteiger partial charge in [-0.1, -0.05) is 25.6 Å². The molecule has 0 bridgehead atoms. The Hall–Kier alpha value is -3.14. The van der Waals surface area contributed by atoms with E-state index in [-0.39, 0.29) is 13.3 Å². The van der Waals surface area contributed by atoms with Gasteiger partial charge in [-0.15, -0.1) is 0 Å². The topological polar surface area (TPSA) is 62.2 Å². The third-order valence-corrected chi connectivity index (χ3v) is 3.86. The van der Waals surface area contributed by atoms with Crippen LogP contribution < -0.4 is 5.32 Å². The van der Waals surface area contributed by atoms with Gasteiger partial charge in [-0.25, -0.2) is 0 Å². The molecular formula is C21H22N2O2. The Balaban J connectivity index is 0.00000225. The molecule has 0 saturated carbocycles. The van der Waals surface area contributed by atoms with Crippen molar-refractivity contribution in [1.29, 1.82) is 0 Å². The van der Waals surface area contributed by atoms with Gasteiger partial charge in [0.25, 0.3) is 5.91 Å². The van der Waals surface area contributed by atoms with Crippen LogP contribution in [0.3, 0.4) is 0 Å². The Bertz CT molecular complexity index is 866. The summed E-state index contributed by atoms with van der Waals surface area (Å²) >= 11 is 0. The molecule has 0 saturated heterocycles. The van der Waals surface area contributed by atoms with Crippen LogP contribution in [0.2, 0.25) is 0 Å². The Labute approximate surface area is 148 Å². The third-order valence-electron chi connectivity index (χ3n) is 3.86. The number of benzene rings is 2. The second-order valence-corrected chi connectivity index (χ2v) is 5.74. The van der Waals surface area contributed by atoms with Crippen LogP contribution >= 0.6 is 0 Å². The van der Waals surface area contributed by atoms with Crippen LogP contribution in [0.15, 0.2) is 60.9 Å². The van der Waals surface area contributed by atoms with Crippen LogP contribution in [0.25, 0.3) is 11.1 Å². The maximum absolute atomic E-state index is 12.4. The van der Waals surface area contributed by atoms with Crippen LogP contribution in [0, 0.1) is 13.8 Å². The predicted octanol–water partition coefficient (Wildman–Crippen LogP) is 4.96. The lowest BCUT2D eigenvalue weighted by molar-refractivity contribution is 0.102. The van der Waals surface area contributed by atoms with Gasteiger partial charge >= 0.3 is 0 Å². The van der Waals surface area contributed by atoms with Crippen LogP contribution in [0.1, 0.15) is 28.9 Å². The SMILES string of the molecule is C.Cc1cc(-c2cncc(C(=O)Nc3ccccc3)c2)cc(C)c1O. The smallest absolute Gasteiger partial charge is 0.257 e. The molecule has 1 amide bonds. The quantitative estimate of drug-likeness (QED) is 0.711. The van der Waals surface area contributed by atoms with E-state index in [0.717, 1.165) is 27.9 Å². The fraction of sp³-hybridized carbons (Fsp3) is 0.143. The van der Waals surface area contributed by atoms with E-state index in [1.807, 2.05) is 56.3 Å². The van der Waals surface area contributed by atoms with E-state index in [0.29, 0.717) is 11.3 Å². The zero-order chi connectivity index (χ0) is 17.1. The first-order valence-corrected chi connectivity index (χ1v) is 7.66. The molecule has 0 spiro atoms. The summed E-state index contributed by atoms with van der Waals surface area (Å²) in [5.74, 6) is 0.0902. The number of aromatic hydroxyl groups is 1. The van der Waals surface area contributed by atoms with Gasteiger partial charge in [0.2, 0.25) is 0 Å². The fourth-order valence-electron chi connectivity index (χ4n) is 2.57. The maximum Gasteiger partial charge on any atom is 0.257 e. The Morgan fingerprint density at radius 3 is 2.24 bits per heavy atom. The molecule has 0 unspecified atom stereocenters. The van der Waals surface area contributed by atoms with Crippen molar-refractivity contribution in [1.82, 2.24) is 4.98 Å². The molecular weight excluding hydrogens is 312 g/mol. The molecule has 1 heterocycles. The number of phenolic OH excluding ortho intramolecular Hbond substituents is 1. The van der Waals surface area contributed by atoms with Crippen molar-refractivity contribution >= 4 is 11.6 Å². The summed E-state index contributed by atoms with van der Waals surface area (Å²) in [7, 11) is 0. The van der Waals surface area contributed by atoms with Crippen LogP contribution in [0.4, 0.5) is 5.69 Å². The number of carbonyl (C=O) groups is 1. The van der Waals surface area contributed by atoms with E-state index in [2.05, 4.69) is 10.3 Å². The highest BCUT2D eigenvalue weighted by molar-refractivity contribution is 6.04. The standard InChI is InChI=1S/C20H18N2O2.CH4/c1-13-8-15(9-14(2)19(13)23)16-10-17(12-21-11-16)20(24)22-18-6-4-3-5-7-18;/h3-12,23H,1-2H3,(H,22,24);1H4. The molecule has 4 heteroatoms. The number of amides is 1. The number of aromatic nitrogens is 1. The molecule has 2 aromatic carbocycles. The van der Waals surface area contributed by atoms with Crippen molar-refractivity contribution in [3.8, 4) is 16.9 Å². The number of nitrogens with zero attached hydrogens (tertiary/aromatic N) is 1. The zero-order valence-corrected chi connectivity index (χ0v) is 13.6. The number of hydrogen-bond acceptors (Lipinski definition) is 3. The average molecular weight is 334 g/mol. The Kier molecular flexibility index (Phi) is 5.55. The molecule has 128 valence electrons. The summed E-state index contributed by atoms with van der Waals surface area (Å²) in [6.07, 6.45) is 3.26. The number of phenols is 1. The Morgan fingerprint density at radius 2 is 1.60 bits per heavy atom. The molecule has 4 nitrogen and oxygen atoms in total. The zero-order valence-electron chi connectivity index (χ0n) is 13.6. The predicted molar refractivity (Wildman–Crippen MR) is 102 cm³/mol. The molecule has 1 aromatic heterocycles. The van der Waals surface area contributed by atoms with Gasteiger partial charge in [0.1, 0.15) is 5.75 Å². The molecule has 2 N–H and O–H groups in total. The van der Waals surface area contributed by atoms with E-state index in [9.17, 15) is 9.90 Å². The summed E-state index contributed by atoms with van der Waals surface area (Å²) in [4.78, 5) is 16.6. The largest absolute Gasteiger partial charge is 0.507 e. The molecule has 0 fully saturated rings. The van der Waals surface area contributed by atoms with E-state index < -0.39 is 0 Å². The number of rotatable bonds is 3. The van der Waals surface area contributed by atoms with E-state index >= 15 is 0 Å². The van der Waals surface area contributed by atoms with E-state index in [1.54, 1.807) is 18.5 Å². The van der Waals surface area contributed by atoms with Crippen LogP contribution in [-0.4, -0.2) is 16.0 Å². The van der Waals surface area contributed by atoms with Crippen molar-refractivity contribution in [3.05, 3.63) is 77.6 Å². The van der Waals surface area contributed by atoms with Crippen molar-refractivity contribution in [2.75, 3.05) is 5.32 Å².